The Morgan fingerprint density at radius 2 is 1.80 bits per heavy atom. The molecule has 0 radical (unpaired) electrons. The summed E-state index contributed by atoms with van der Waals surface area (Å²) in [6.07, 6.45) is 1.86. The van der Waals surface area contributed by atoms with Gasteiger partial charge in [-0.25, -0.2) is 4.68 Å². The zero-order chi connectivity index (χ0) is 13.9. The summed E-state index contributed by atoms with van der Waals surface area (Å²) < 4.78 is 2.71. The molecule has 0 bridgehead atoms. The van der Waals surface area contributed by atoms with Crippen LogP contribution in [0.25, 0.3) is 16.9 Å². The number of hydrogen-bond donors (Lipinski definition) is 1. The SMILES string of the molecule is OCc1ccccc1-n1cc(-c2ccc(Br)cc2)nn1. The molecular formula is C15H12BrN3O. The van der Waals surface area contributed by atoms with E-state index in [1.807, 2.05) is 54.7 Å². The summed E-state index contributed by atoms with van der Waals surface area (Å²) >= 11 is 3.41. The van der Waals surface area contributed by atoms with Crippen LogP contribution in [0.5, 0.6) is 0 Å². The first-order chi connectivity index (χ1) is 9.78. The van der Waals surface area contributed by atoms with E-state index in [4.69, 9.17) is 0 Å². The molecule has 4 nitrogen and oxygen atoms in total. The van der Waals surface area contributed by atoms with Gasteiger partial charge in [-0.15, -0.1) is 5.10 Å². The normalized spacial score (nSPS) is 10.7. The van der Waals surface area contributed by atoms with Crippen LogP contribution in [0.1, 0.15) is 5.56 Å². The Hall–Kier alpha value is -1.98. The molecule has 0 saturated heterocycles. The van der Waals surface area contributed by atoms with Gasteiger partial charge in [0.2, 0.25) is 0 Å². The average Bonchev–Trinajstić information content (AvgIpc) is 2.97. The number of aliphatic hydroxyl groups excluding tert-OH is 1. The molecule has 2 aromatic carbocycles. The molecule has 0 aliphatic carbocycles. The van der Waals surface area contributed by atoms with E-state index in [1.165, 1.54) is 0 Å². The van der Waals surface area contributed by atoms with Gasteiger partial charge >= 0.3 is 0 Å². The van der Waals surface area contributed by atoms with Crippen molar-refractivity contribution < 1.29 is 5.11 Å². The van der Waals surface area contributed by atoms with E-state index in [0.717, 1.165) is 27.0 Å². The van der Waals surface area contributed by atoms with Gasteiger partial charge in [0.25, 0.3) is 0 Å². The predicted molar refractivity (Wildman–Crippen MR) is 80.4 cm³/mol. The second-order valence-corrected chi connectivity index (χ2v) is 5.26. The molecule has 1 heterocycles. The van der Waals surface area contributed by atoms with E-state index in [0.29, 0.717) is 0 Å². The van der Waals surface area contributed by atoms with Crippen LogP contribution in [0.3, 0.4) is 0 Å². The van der Waals surface area contributed by atoms with Crippen molar-refractivity contribution in [3.05, 3.63) is 64.8 Å². The Morgan fingerprint density at radius 3 is 2.55 bits per heavy atom. The van der Waals surface area contributed by atoms with Crippen LogP contribution >= 0.6 is 15.9 Å². The van der Waals surface area contributed by atoms with Crippen molar-refractivity contribution in [2.24, 2.45) is 0 Å². The number of hydrogen-bond acceptors (Lipinski definition) is 3. The lowest BCUT2D eigenvalue weighted by Crippen LogP contribution is -2.00. The maximum absolute atomic E-state index is 9.37. The second kappa shape index (κ2) is 5.56. The lowest BCUT2D eigenvalue weighted by atomic mass is 10.1. The molecule has 3 rings (SSSR count). The van der Waals surface area contributed by atoms with Crippen molar-refractivity contribution >= 4 is 15.9 Å². The van der Waals surface area contributed by atoms with Gasteiger partial charge in [0.15, 0.2) is 0 Å². The highest BCUT2D eigenvalue weighted by molar-refractivity contribution is 9.10. The van der Waals surface area contributed by atoms with Gasteiger partial charge in [-0.2, -0.15) is 0 Å². The zero-order valence-electron chi connectivity index (χ0n) is 10.6. The molecule has 20 heavy (non-hydrogen) atoms. The molecule has 0 saturated carbocycles. The van der Waals surface area contributed by atoms with Crippen molar-refractivity contribution in [3.8, 4) is 16.9 Å². The van der Waals surface area contributed by atoms with Crippen molar-refractivity contribution in [1.82, 2.24) is 15.0 Å². The molecule has 0 aliphatic rings. The Morgan fingerprint density at radius 1 is 1.05 bits per heavy atom. The summed E-state index contributed by atoms with van der Waals surface area (Å²) in [5, 5.41) is 17.7. The molecule has 0 atom stereocenters. The molecule has 0 aliphatic heterocycles. The largest absolute Gasteiger partial charge is 0.392 e. The molecule has 1 aromatic heterocycles. The topological polar surface area (TPSA) is 50.9 Å². The minimum absolute atomic E-state index is 0.0242. The van der Waals surface area contributed by atoms with Crippen LogP contribution in [0, 0.1) is 0 Å². The molecule has 5 heteroatoms. The summed E-state index contributed by atoms with van der Waals surface area (Å²) in [6, 6.07) is 15.5. The lowest BCUT2D eigenvalue weighted by molar-refractivity contribution is 0.281. The number of aliphatic hydroxyl groups is 1. The molecule has 1 N–H and O–H groups in total. The van der Waals surface area contributed by atoms with Crippen LogP contribution in [0.4, 0.5) is 0 Å². The Kier molecular flexibility index (Phi) is 3.62. The molecule has 0 unspecified atom stereocenters. The second-order valence-electron chi connectivity index (χ2n) is 4.34. The molecular weight excluding hydrogens is 318 g/mol. The van der Waals surface area contributed by atoms with E-state index >= 15 is 0 Å². The highest BCUT2D eigenvalue weighted by Crippen LogP contribution is 2.21. The fraction of sp³-hybridized carbons (Fsp3) is 0.0667. The van der Waals surface area contributed by atoms with E-state index in [9.17, 15) is 5.11 Å². The molecule has 100 valence electrons. The standard InChI is InChI=1S/C15H12BrN3O/c16-13-7-5-11(6-8-13)14-9-19(18-17-14)15-4-2-1-3-12(15)10-20/h1-9,20H,10H2. The predicted octanol–water partition coefficient (Wildman–Crippen LogP) is 3.19. The van der Waals surface area contributed by atoms with Gasteiger partial charge in [-0.05, 0) is 18.2 Å². The Balaban J connectivity index is 2.00. The van der Waals surface area contributed by atoms with Crippen molar-refractivity contribution in [2.75, 3.05) is 0 Å². The van der Waals surface area contributed by atoms with Crippen LogP contribution in [-0.4, -0.2) is 20.1 Å². The lowest BCUT2D eigenvalue weighted by Gasteiger charge is -2.05. The monoisotopic (exact) mass is 329 g/mol. The van der Waals surface area contributed by atoms with Gasteiger partial charge in [0, 0.05) is 15.6 Å². The first-order valence-electron chi connectivity index (χ1n) is 6.15. The molecule has 3 aromatic rings. The number of rotatable bonds is 3. The van der Waals surface area contributed by atoms with Gasteiger partial charge in [-0.3, -0.25) is 0 Å². The first-order valence-corrected chi connectivity index (χ1v) is 6.94. The maximum Gasteiger partial charge on any atom is 0.113 e. The average molecular weight is 330 g/mol. The van der Waals surface area contributed by atoms with E-state index < -0.39 is 0 Å². The number of para-hydroxylation sites is 1. The summed E-state index contributed by atoms with van der Waals surface area (Å²) in [5.74, 6) is 0. The highest BCUT2D eigenvalue weighted by Gasteiger charge is 2.08. The molecule has 0 spiro atoms. The third-order valence-corrected chi connectivity index (χ3v) is 3.57. The minimum Gasteiger partial charge on any atom is -0.392 e. The summed E-state index contributed by atoms with van der Waals surface area (Å²) in [5.41, 5.74) is 3.46. The van der Waals surface area contributed by atoms with Gasteiger partial charge in [-0.1, -0.05) is 51.5 Å². The minimum atomic E-state index is -0.0242. The third-order valence-electron chi connectivity index (χ3n) is 3.04. The summed E-state index contributed by atoms with van der Waals surface area (Å²) in [7, 11) is 0. The van der Waals surface area contributed by atoms with E-state index in [2.05, 4.69) is 26.2 Å². The quantitative estimate of drug-likeness (QED) is 0.802. The fourth-order valence-electron chi connectivity index (χ4n) is 2.00. The van der Waals surface area contributed by atoms with Crippen LogP contribution in [0.15, 0.2) is 59.2 Å². The smallest absolute Gasteiger partial charge is 0.113 e. The van der Waals surface area contributed by atoms with Crippen LogP contribution in [0.2, 0.25) is 0 Å². The van der Waals surface area contributed by atoms with Crippen molar-refractivity contribution in [2.45, 2.75) is 6.61 Å². The molecule has 0 amide bonds. The van der Waals surface area contributed by atoms with Crippen LogP contribution < -0.4 is 0 Å². The van der Waals surface area contributed by atoms with Crippen LogP contribution in [-0.2, 0) is 6.61 Å². The maximum atomic E-state index is 9.37. The number of halogens is 1. The Labute approximate surface area is 124 Å². The number of aromatic nitrogens is 3. The molecule has 0 fully saturated rings. The van der Waals surface area contributed by atoms with Crippen molar-refractivity contribution in [1.29, 1.82) is 0 Å². The third kappa shape index (κ3) is 2.50. The van der Waals surface area contributed by atoms with Gasteiger partial charge < -0.3 is 5.11 Å². The Bertz CT molecular complexity index is 722. The summed E-state index contributed by atoms with van der Waals surface area (Å²) in [4.78, 5) is 0. The fourth-order valence-corrected chi connectivity index (χ4v) is 2.27. The number of benzene rings is 2. The zero-order valence-corrected chi connectivity index (χ0v) is 12.2. The number of nitrogens with zero attached hydrogens (tertiary/aromatic N) is 3. The van der Waals surface area contributed by atoms with Gasteiger partial charge in [0.1, 0.15) is 5.69 Å². The van der Waals surface area contributed by atoms with Crippen molar-refractivity contribution in [3.63, 3.8) is 0 Å². The summed E-state index contributed by atoms with van der Waals surface area (Å²) in [6.45, 7) is -0.0242. The van der Waals surface area contributed by atoms with E-state index in [-0.39, 0.29) is 6.61 Å². The van der Waals surface area contributed by atoms with Gasteiger partial charge in [0.05, 0.1) is 18.5 Å². The first kappa shape index (κ1) is 13.0. The van der Waals surface area contributed by atoms with E-state index in [1.54, 1.807) is 4.68 Å². The highest BCUT2D eigenvalue weighted by atomic mass is 79.9.